The number of carbonyl (C=O) groups is 1. The van der Waals surface area contributed by atoms with Gasteiger partial charge in [0.05, 0.1) is 18.3 Å². The van der Waals surface area contributed by atoms with Gasteiger partial charge in [0.2, 0.25) is 5.91 Å². The van der Waals surface area contributed by atoms with Crippen molar-refractivity contribution in [2.45, 2.75) is 50.7 Å². The van der Waals surface area contributed by atoms with E-state index in [1.54, 1.807) is 7.11 Å². The summed E-state index contributed by atoms with van der Waals surface area (Å²) in [4.78, 5) is 14.5. The summed E-state index contributed by atoms with van der Waals surface area (Å²) in [6.07, 6.45) is 5.42. The fraction of sp³-hybridized carbons (Fsp3) is 0.933. The summed E-state index contributed by atoms with van der Waals surface area (Å²) < 4.78 is 11.4. The van der Waals surface area contributed by atoms with Gasteiger partial charge in [0.15, 0.2) is 0 Å². The van der Waals surface area contributed by atoms with E-state index in [1.807, 2.05) is 0 Å². The molecular formula is C15H25NO3. The van der Waals surface area contributed by atoms with Gasteiger partial charge < -0.3 is 14.4 Å². The molecule has 4 heteroatoms. The molecule has 2 heterocycles. The van der Waals surface area contributed by atoms with Crippen molar-refractivity contribution in [3.05, 3.63) is 0 Å². The van der Waals surface area contributed by atoms with Gasteiger partial charge in [0.1, 0.15) is 0 Å². The average molecular weight is 267 g/mol. The highest BCUT2D eigenvalue weighted by atomic mass is 16.6. The fourth-order valence-electron chi connectivity index (χ4n) is 3.89. The third-order valence-corrected chi connectivity index (χ3v) is 5.08. The number of piperidine rings is 1. The van der Waals surface area contributed by atoms with E-state index < -0.39 is 0 Å². The molecule has 0 bridgehead atoms. The Morgan fingerprint density at radius 3 is 2.84 bits per heavy atom. The first-order chi connectivity index (χ1) is 9.12. The molecule has 3 rings (SSSR count). The third-order valence-electron chi connectivity index (χ3n) is 5.08. The number of likely N-dealkylation sites (tertiary alicyclic amines) is 1. The molecule has 0 radical (unpaired) electrons. The molecule has 1 amide bonds. The molecule has 108 valence electrons. The molecule has 1 aliphatic carbocycles. The van der Waals surface area contributed by atoms with Crippen molar-refractivity contribution in [2.24, 2.45) is 11.8 Å². The Morgan fingerprint density at radius 1 is 1.42 bits per heavy atom. The van der Waals surface area contributed by atoms with Crippen LogP contribution < -0.4 is 0 Å². The van der Waals surface area contributed by atoms with Crippen LogP contribution >= 0.6 is 0 Å². The zero-order chi connectivity index (χ0) is 13.5. The van der Waals surface area contributed by atoms with Crippen LogP contribution in [0.5, 0.6) is 0 Å². The Morgan fingerprint density at radius 2 is 2.21 bits per heavy atom. The Balaban J connectivity index is 1.60. The molecule has 4 nitrogen and oxygen atoms in total. The van der Waals surface area contributed by atoms with E-state index in [0.717, 1.165) is 51.1 Å². The molecule has 2 saturated heterocycles. The predicted molar refractivity (Wildman–Crippen MR) is 71.8 cm³/mol. The SMILES string of the molecule is CO[C@@H]1CO[C@]2(CCCN(C(=O)C3CC(C)C3)C2)C1. The number of carbonyl (C=O) groups excluding carboxylic acids is 1. The Bertz CT molecular complexity index is 353. The molecule has 0 aromatic rings. The summed E-state index contributed by atoms with van der Waals surface area (Å²) >= 11 is 0. The van der Waals surface area contributed by atoms with Crippen LogP contribution in [0.4, 0.5) is 0 Å². The molecule has 3 fully saturated rings. The highest BCUT2D eigenvalue weighted by Gasteiger charge is 2.46. The lowest BCUT2D eigenvalue weighted by Gasteiger charge is -2.43. The van der Waals surface area contributed by atoms with E-state index in [4.69, 9.17) is 9.47 Å². The summed E-state index contributed by atoms with van der Waals surface area (Å²) in [7, 11) is 1.74. The van der Waals surface area contributed by atoms with Gasteiger partial charge in [-0.2, -0.15) is 0 Å². The molecule has 2 aliphatic heterocycles. The van der Waals surface area contributed by atoms with E-state index in [-0.39, 0.29) is 17.6 Å². The van der Waals surface area contributed by atoms with Crippen LogP contribution in [-0.2, 0) is 14.3 Å². The maximum Gasteiger partial charge on any atom is 0.225 e. The molecule has 3 aliphatic rings. The van der Waals surface area contributed by atoms with Crippen LogP contribution in [0.2, 0.25) is 0 Å². The molecule has 2 atom stereocenters. The van der Waals surface area contributed by atoms with Gasteiger partial charge >= 0.3 is 0 Å². The molecule has 19 heavy (non-hydrogen) atoms. The number of hydrogen-bond donors (Lipinski definition) is 0. The predicted octanol–water partition coefficient (Wildman–Crippen LogP) is 1.83. The Kier molecular flexibility index (Phi) is 3.56. The van der Waals surface area contributed by atoms with E-state index in [9.17, 15) is 4.79 Å². The minimum atomic E-state index is -0.121. The van der Waals surface area contributed by atoms with E-state index in [2.05, 4.69) is 11.8 Å². The van der Waals surface area contributed by atoms with Crippen LogP contribution in [0.15, 0.2) is 0 Å². The fourth-order valence-corrected chi connectivity index (χ4v) is 3.89. The standard InChI is InChI=1S/C15H25NO3/c1-11-6-12(7-11)14(17)16-5-3-4-15(10-16)8-13(18-2)9-19-15/h11-13H,3-10H2,1-2H3/t11?,12?,13-,15+/m0/s1. The summed E-state index contributed by atoms with van der Waals surface area (Å²) in [6, 6.07) is 0. The van der Waals surface area contributed by atoms with Crippen molar-refractivity contribution < 1.29 is 14.3 Å². The molecule has 0 unspecified atom stereocenters. The number of rotatable bonds is 2. The first-order valence-electron chi connectivity index (χ1n) is 7.57. The summed E-state index contributed by atoms with van der Waals surface area (Å²) in [5.41, 5.74) is -0.121. The molecule has 1 spiro atoms. The van der Waals surface area contributed by atoms with E-state index >= 15 is 0 Å². The van der Waals surface area contributed by atoms with E-state index in [0.29, 0.717) is 12.5 Å². The van der Waals surface area contributed by atoms with Gasteiger partial charge in [-0.05, 0) is 31.6 Å². The lowest BCUT2D eigenvalue weighted by Crippen LogP contribution is -2.53. The summed E-state index contributed by atoms with van der Waals surface area (Å²) in [5.74, 6) is 1.37. The number of hydrogen-bond acceptors (Lipinski definition) is 3. The number of nitrogens with zero attached hydrogens (tertiary/aromatic N) is 1. The average Bonchev–Trinajstić information content (AvgIpc) is 2.77. The Hall–Kier alpha value is -0.610. The Labute approximate surface area is 115 Å². The lowest BCUT2D eigenvalue weighted by molar-refractivity contribution is -0.147. The van der Waals surface area contributed by atoms with Crippen molar-refractivity contribution in [3.8, 4) is 0 Å². The minimum Gasteiger partial charge on any atom is -0.379 e. The smallest absolute Gasteiger partial charge is 0.225 e. The highest BCUT2D eigenvalue weighted by Crippen LogP contribution is 2.39. The monoisotopic (exact) mass is 267 g/mol. The quantitative estimate of drug-likeness (QED) is 0.766. The normalized spacial score (nSPS) is 42.4. The van der Waals surface area contributed by atoms with Crippen molar-refractivity contribution in [1.29, 1.82) is 0 Å². The van der Waals surface area contributed by atoms with Crippen LogP contribution in [-0.4, -0.2) is 49.3 Å². The van der Waals surface area contributed by atoms with E-state index in [1.165, 1.54) is 0 Å². The second-order valence-corrected chi connectivity index (χ2v) is 6.69. The summed E-state index contributed by atoms with van der Waals surface area (Å²) in [5, 5.41) is 0. The van der Waals surface area contributed by atoms with Gasteiger partial charge in [-0.15, -0.1) is 0 Å². The first-order valence-corrected chi connectivity index (χ1v) is 7.57. The zero-order valence-electron chi connectivity index (χ0n) is 12.1. The van der Waals surface area contributed by atoms with Gasteiger partial charge in [0.25, 0.3) is 0 Å². The van der Waals surface area contributed by atoms with Crippen molar-refractivity contribution in [1.82, 2.24) is 4.90 Å². The van der Waals surface area contributed by atoms with Crippen LogP contribution in [0.25, 0.3) is 0 Å². The summed E-state index contributed by atoms with van der Waals surface area (Å²) in [6.45, 7) is 4.59. The van der Waals surface area contributed by atoms with Gasteiger partial charge in [-0.1, -0.05) is 6.92 Å². The van der Waals surface area contributed by atoms with Crippen LogP contribution in [0.3, 0.4) is 0 Å². The van der Waals surface area contributed by atoms with Crippen LogP contribution in [0, 0.1) is 11.8 Å². The maximum atomic E-state index is 12.5. The second kappa shape index (κ2) is 5.06. The maximum absolute atomic E-state index is 12.5. The van der Waals surface area contributed by atoms with Crippen molar-refractivity contribution in [3.63, 3.8) is 0 Å². The second-order valence-electron chi connectivity index (χ2n) is 6.69. The highest BCUT2D eigenvalue weighted by molar-refractivity contribution is 5.80. The van der Waals surface area contributed by atoms with Crippen molar-refractivity contribution >= 4 is 5.91 Å². The third kappa shape index (κ3) is 2.52. The topological polar surface area (TPSA) is 38.8 Å². The minimum absolute atomic E-state index is 0.121. The first kappa shape index (κ1) is 13.4. The number of ether oxygens (including phenoxy) is 2. The van der Waals surface area contributed by atoms with Crippen molar-refractivity contribution in [2.75, 3.05) is 26.8 Å². The van der Waals surface area contributed by atoms with Gasteiger partial charge in [-0.3, -0.25) is 4.79 Å². The van der Waals surface area contributed by atoms with Gasteiger partial charge in [-0.25, -0.2) is 0 Å². The number of methoxy groups -OCH3 is 1. The lowest BCUT2D eigenvalue weighted by atomic mass is 9.75. The molecule has 0 aromatic heterocycles. The molecular weight excluding hydrogens is 242 g/mol. The zero-order valence-corrected chi connectivity index (χ0v) is 12.1. The molecule has 0 aromatic carbocycles. The molecule has 0 N–H and O–H groups in total. The number of amides is 1. The molecule has 1 saturated carbocycles. The van der Waals surface area contributed by atoms with Gasteiger partial charge in [0, 0.05) is 32.5 Å². The van der Waals surface area contributed by atoms with Crippen LogP contribution in [0.1, 0.15) is 39.0 Å². The largest absolute Gasteiger partial charge is 0.379 e.